The highest BCUT2D eigenvalue weighted by Crippen LogP contribution is 2.23. The molecule has 0 aliphatic heterocycles. The summed E-state index contributed by atoms with van der Waals surface area (Å²) in [4.78, 5) is 27.4. The summed E-state index contributed by atoms with van der Waals surface area (Å²) in [5.41, 5.74) is 1.04. The zero-order valence-electron chi connectivity index (χ0n) is 19.2. The van der Waals surface area contributed by atoms with E-state index in [2.05, 4.69) is 5.32 Å². The molecular weight excluding hydrogens is 466 g/mol. The number of halogens is 1. The number of amides is 2. The summed E-state index contributed by atoms with van der Waals surface area (Å²) in [6, 6.07) is 12.5. The Morgan fingerprint density at radius 2 is 1.82 bits per heavy atom. The number of nitrogens with zero attached hydrogens (tertiary/aromatic N) is 2. The summed E-state index contributed by atoms with van der Waals surface area (Å²) in [7, 11) is -2.24. The van der Waals surface area contributed by atoms with Crippen molar-refractivity contribution in [3.63, 3.8) is 0 Å². The van der Waals surface area contributed by atoms with Crippen molar-refractivity contribution in [3.8, 4) is 5.75 Å². The van der Waals surface area contributed by atoms with E-state index in [0.717, 1.165) is 22.5 Å². The normalized spacial score (nSPS) is 12.0. The molecule has 1 unspecified atom stereocenters. The molecule has 2 aromatic rings. The fraction of sp³-hybridized carbons (Fsp3) is 0.391. The van der Waals surface area contributed by atoms with Crippen molar-refractivity contribution in [2.24, 2.45) is 0 Å². The second-order valence-electron chi connectivity index (χ2n) is 7.59. The maximum Gasteiger partial charge on any atom is 0.244 e. The Morgan fingerprint density at radius 3 is 2.36 bits per heavy atom. The molecule has 0 fully saturated rings. The number of hydrogen-bond acceptors (Lipinski definition) is 5. The van der Waals surface area contributed by atoms with Crippen molar-refractivity contribution in [3.05, 3.63) is 59.1 Å². The highest BCUT2D eigenvalue weighted by atomic mass is 35.5. The highest BCUT2D eigenvalue weighted by molar-refractivity contribution is 7.92. The predicted molar refractivity (Wildman–Crippen MR) is 130 cm³/mol. The molecule has 33 heavy (non-hydrogen) atoms. The molecular formula is C23H30ClN3O5S. The van der Waals surface area contributed by atoms with E-state index in [1.54, 1.807) is 56.5 Å². The molecule has 8 nitrogen and oxygen atoms in total. The number of sulfonamides is 1. The summed E-state index contributed by atoms with van der Waals surface area (Å²) in [5, 5.41) is 3.14. The van der Waals surface area contributed by atoms with E-state index in [-0.39, 0.29) is 18.1 Å². The lowest BCUT2D eigenvalue weighted by molar-refractivity contribution is -0.139. The molecule has 0 heterocycles. The summed E-state index contributed by atoms with van der Waals surface area (Å²) >= 11 is 6.03. The van der Waals surface area contributed by atoms with Gasteiger partial charge in [-0.2, -0.15) is 0 Å². The number of nitrogens with one attached hydrogen (secondary N) is 1. The lowest BCUT2D eigenvalue weighted by Crippen LogP contribution is -2.51. The average Bonchev–Trinajstić information content (AvgIpc) is 2.78. The number of rotatable bonds is 11. The van der Waals surface area contributed by atoms with Crippen LogP contribution < -0.4 is 14.4 Å². The van der Waals surface area contributed by atoms with Crippen LogP contribution in [0.2, 0.25) is 5.02 Å². The van der Waals surface area contributed by atoms with Crippen LogP contribution in [0.15, 0.2) is 48.5 Å². The fourth-order valence-corrected chi connectivity index (χ4v) is 4.18. The van der Waals surface area contributed by atoms with Crippen LogP contribution in [0.25, 0.3) is 0 Å². The predicted octanol–water partition coefficient (Wildman–Crippen LogP) is 3.06. The molecule has 2 aromatic carbocycles. The standard InChI is InChI=1S/C23H30ClN3O5S/c1-5-13-25-23(29)17(2)26(15-18-9-11-21(32-3)12-10-18)22(28)16-27(33(4,30)31)20-8-6-7-19(24)14-20/h6-12,14,17H,5,13,15-16H2,1-4H3,(H,25,29). The van der Waals surface area contributed by atoms with Gasteiger partial charge in [-0.25, -0.2) is 8.42 Å². The Balaban J connectivity index is 2.36. The van der Waals surface area contributed by atoms with Crippen molar-refractivity contribution in [2.75, 3.05) is 30.8 Å². The first-order valence-corrected chi connectivity index (χ1v) is 12.7. The van der Waals surface area contributed by atoms with Gasteiger partial charge in [-0.05, 0) is 49.2 Å². The minimum Gasteiger partial charge on any atom is -0.497 e. The van der Waals surface area contributed by atoms with Crippen LogP contribution in [0.5, 0.6) is 5.75 Å². The monoisotopic (exact) mass is 495 g/mol. The van der Waals surface area contributed by atoms with Crippen LogP contribution in [-0.2, 0) is 26.2 Å². The summed E-state index contributed by atoms with van der Waals surface area (Å²) < 4.78 is 31.1. The minimum atomic E-state index is -3.80. The first kappa shape index (κ1) is 26.5. The Bertz CT molecular complexity index is 1060. The lowest BCUT2D eigenvalue weighted by atomic mass is 10.1. The third-order valence-corrected chi connectivity index (χ3v) is 6.38. The van der Waals surface area contributed by atoms with E-state index in [1.807, 2.05) is 6.92 Å². The maximum absolute atomic E-state index is 13.4. The molecule has 0 saturated carbocycles. The van der Waals surface area contributed by atoms with Crippen LogP contribution in [0.3, 0.4) is 0 Å². The molecule has 0 bridgehead atoms. The summed E-state index contributed by atoms with van der Waals surface area (Å²) in [5.74, 6) is -0.169. The molecule has 2 amide bonds. The van der Waals surface area contributed by atoms with Gasteiger partial charge in [0.15, 0.2) is 0 Å². The largest absolute Gasteiger partial charge is 0.497 e. The van der Waals surface area contributed by atoms with Crippen molar-refractivity contribution < 1.29 is 22.7 Å². The van der Waals surface area contributed by atoms with Gasteiger partial charge < -0.3 is 15.0 Å². The van der Waals surface area contributed by atoms with E-state index in [9.17, 15) is 18.0 Å². The van der Waals surface area contributed by atoms with Crippen molar-refractivity contribution in [2.45, 2.75) is 32.9 Å². The van der Waals surface area contributed by atoms with Gasteiger partial charge in [0, 0.05) is 18.1 Å². The van der Waals surface area contributed by atoms with E-state index in [1.165, 1.54) is 11.0 Å². The smallest absolute Gasteiger partial charge is 0.244 e. The van der Waals surface area contributed by atoms with Crippen LogP contribution in [-0.4, -0.2) is 57.6 Å². The van der Waals surface area contributed by atoms with Crippen LogP contribution in [0, 0.1) is 0 Å². The molecule has 0 aliphatic carbocycles. The van der Waals surface area contributed by atoms with Gasteiger partial charge in [0.1, 0.15) is 18.3 Å². The molecule has 0 radical (unpaired) electrons. The van der Waals surface area contributed by atoms with Crippen LogP contribution >= 0.6 is 11.6 Å². The maximum atomic E-state index is 13.4. The lowest BCUT2D eigenvalue weighted by Gasteiger charge is -2.31. The molecule has 1 N–H and O–H groups in total. The fourth-order valence-electron chi connectivity index (χ4n) is 3.15. The third-order valence-electron chi connectivity index (χ3n) is 5.00. The van der Waals surface area contributed by atoms with Crippen molar-refractivity contribution >= 4 is 39.1 Å². The molecule has 0 spiro atoms. The Hall–Kier alpha value is -2.78. The van der Waals surface area contributed by atoms with Gasteiger partial charge in [0.25, 0.3) is 0 Å². The van der Waals surface area contributed by atoms with Crippen LogP contribution in [0.1, 0.15) is 25.8 Å². The minimum absolute atomic E-state index is 0.122. The van der Waals surface area contributed by atoms with E-state index >= 15 is 0 Å². The van der Waals surface area contributed by atoms with E-state index in [0.29, 0.717) is 17.3 Å². The van der Waals surface area contributed by atoms with Gasteiger partial charge in [-0.15, -0.1) is 0 Å². The molecule has 0 aromatic heterocycles. The van der Waals surface area contributed by atoms with Crippen molar-refractivity contribution in [1.29, 1.82) is 0 Å². The number of carbonyl (C=O) groups is 2. The molecule has 2 rings (SSSR count). The summed E-state index contributed by atoms with van der Waals surface area (Å²) in [6.45, 7) is 3.68. The van der Waals surface area contributed by atoms with E-state index in [4.69, 9.17) is 16.3 Å². The van der Waals surface area contributed by atoms with Gasteiger partial charge in [0.2, 0.25) is 21.8 Å². The zero-order valence-corrected chi connectivity index (χ0v) is 20.8. The molecule has 180 valence electrons. The zero-order chi connectivity index (χ0) is 24.6. The third kappa shape index (κ3) is 7.64. The van der Waals surface area contributed by atoms with Crippen molar-refractivity contribution in [1.82, 2.24) is 10.2 Å². The first-order valence-electron chi connectivity index (χ1n) is 10.5. The van der Waals surface area contributed by atoms with Gasteiger partial charge in [-0.3, -0.25) is 13.9 Å². The van der Waals surface area contributed by atoms with Crippen LogP contribution in [0.4, 0.5) is 5.69 Å². The second-order valence-corrected chi connectivity index (χ2v) is 9.93. The Kier molecular flexibility index (Phi) is 9.55. The summed E-state index contributed by atoms with van der Waals surface area (Å²) in [6.07, 6.45) is 1.77. The molecule has 0 saturated heterocycles. The van der Waals surface area contributed by atoms with Gasteiger partial charge in [-0.1, -0.05) is 36.7 Å². The molecule has 10 heteroatoms. The number of hydrogen-bond donors (Lipinski definition) is 1. The van der Waals surface area contributed by atoms with Gasteiger partial charge >= 0.3 is 0 Å². The quantitative estimate of drug-likeness (QED) is 0.517. The molecule has 1 atom stereocenters. The number of benzene rings is 2. The topological polar surface area (TPSA) is 96.0 Å². The average molecular weight is 496 g/mol. The number of anilines is 1. The second kappa shape index (κ2) is 11.9. The highest BCUT2D eigenvalue weighted by Gasteiger charge is 2.30. The Labute approximate surface area is 200 Å². The SMILES string of the molecule is CCCNC(=O)C(C)N(Cc1ccc(OC)cc1)C(=O)CN(c1cccc(Cl)c1)S(C)(=O)=O. The number of carbonyl (C=O) groups excluding carboxylic acids is 2. The van der Waals surface area contributed by atoms with E-state index < -0.39 is 28.5 Å². The Morgan fingerprint density at radius 1 is 1.15 bits per heavy atom. The first-order chi connectivity index (χ1) is 15.6. The number of methoxy groups -OCH3 is 1. The number of ether oxygens (including phenoxy) is 1. The van der Waals surface area contributed by atoms with Gasteiger partial charge in [0.05, 0.1) is 19.1 Å². The molecule has 0 aliphatic rings.